The Balaban J connectivity index is 2.01. The summed E-state index contributed by atoms with van der Waals surface area (Å²) in [6.45, 7) is 0.166. The quantitative estimate of drug-likeness (QED) is 0.791. The van der Waals surface area contributed by atoms with Crippen LogP contribution in [0.15, 0.2) is 48.6 Å². The lowest BCUT2D eigenvalue weighted by Gasteiger charge is -2.28. The van der Waals surface area contributed by atoms with Gasteiger partial charge in [-0.25, -0.2) is 4.79 Å². The number of carboxylic acid groups (broad SMARTS) is 1. The molecular weight excluding hydrogens is 260 g/mol. The van der Waals surface area contributed by atoms with Crippen molar-refractivity contribution in [2.24, 2.45) is 0 Å². The molecule has 1 aromatic carbocycles. The molecule has 0 spiro atoms. The molecule has 2 unspecified atom stereocenters. The fourth-order valence-electron chi connectivity index (χ4n) is 1.85. The molecular formula is C15H14O5. The molecule has 5 heteroatoms. The molecule has 0 saturated carbocycles. The van der Waals surface area contributed by atoms with Crippen LogP contribution in [0.2, 0.25) is 0 Å². The van der Waals surface area contributed by atoms with E-state index in [4.69, 9.17) is 9.84 Å². The third-order valence-electron chi connectivity index (χ3n) is 3.04. The van der Waals surface area contributed by atoms with Gasteiger partial charge in [0, 0.05) is 0 Å². The van der Waals surface area contributed by atoms with Crippen LogP contribution in [-0.2, 0) is 16.1 Å². The predicted octanol–water partition coefficient (Wildman–Crippen LogP) is 1.33. The second kappa shape index (κ2) is 5.81. The molecule has 0 radical (unpaired) electrons. The molecule has 1 aliphatic rings. The lowest BCUT2D eigenvalue weighted by molar-refractivity contribution is -0.131. The van der Waals surface area contributed by atoms with E-state index in [2.05, 4.69) is 0 Å². The first-order valence-corrected chi connectivity index (χ1v) is 6.04. The molecule has 0 saturated heterocycles. The number of aldehydes is 1. The zero-order chi connectivity index (χ0) is 14.6. The van der Waals surface area contributed by atoms with Crippen LogP contribution in [0.3, 0.4) is 0 Å². The average molecular weight is 274 g/mol. The van der Waals surface area contributed by atoms with Gasteiger partial charge in [-0.2, -0.15) is 0 Å². The highest BCUT2D eigenvalue weighted by atomic mass is 16.5. The summed E-state index contributed by atoms with van der Waals surface area (Å²) in [5.41, 5.74) is -0.708. The molecule has 0 heterocycles. The van der Waals surface area contributed by atoms with Crippen molar-refractivity contribution in [3.05, 3.63) is 59.7 Å². The van der Waals surface area contributed by atoms with Crippen molar-refractivity contribution in [3.8, 4) is 0 Å². The third-order valence-corrected chi connectivity index (χ3v) is 3.04. The maximum absolute atomic E-state index is 10.9. The number of aromatic carboxylic acids is 1. The highest BCUT2D eigenvalue weighted by Crippen LogP contribution is 2.20. The zero-order valence-electron chi connectivity index (χ0n) is 10.6. The van der Waals surface area contributed by atoms with Gasteiger partial charge in [0.15, 0.2) is 11.9 Å². The van der Waals surface area contributed by atoms with Gasteiger partial charge in [-0.05, 0) is 23.8 Å². The molecule has 2 atom stereocenters. The smallest absolute Gasteiger partial charge is 0.335 e. The SMILES string of the molecule is O=CC1(O)C=CC=CC1OCc1ccc(C(=O)O)cc1. The summed E-state index contributed by atoms with van der Waals surface area (Å²) in [5.74, 6) is -0.992. The Labute approximate surface area is 115 Å². The molecule has 0 aromatic heterocycles. The lowest BCUT2D eigenvalue weighted by atomic mass is 9.94. The van der Waals surface area contributed by atoms with Crippen LogP contribution in [0.4, 0.5) is 0 Å². The highest BCUT2D eigenvalue weighted by Gasteiger charge is 2.34. The van der Waals surface area contributed by atoms with Crippen molar-refractivity contribution in [1.82, 2.24) is 0 Å². The standard InChI is InChI=1S/C15H14O5/c16-10-15(19)8-2-1-3-13(15)20-9-11-4-6-12(7-5-11)14(17)18/h1-8,10,13,19H,9H2,(H,17,18). The summed E-state index contributed by atoms with van der Waals surface area (Å²) in [7, 11) is 0. The van der Waals surface area contributed by atoms with Crippen LogP contribution in [0, 0.1) is 0 Å². The molecule has 0 fully saturated rings. The van der Waals surface area contributed by atoms with Gasteiger partial charge in [0.2, 0.25) is 0 Å². The Kier molecular flexibility index (Phi) is 4.12. The van der Waals surface area contributed by atoms with Crippen LogP contribution < -0.4 is 0 Å². The Hall–Kier alpha value is -2.24. The summed E-state index contributed by atoms with van der Waals surface area (Å²) < 4.78 is 5.51. The van der Waals surface area contributed by atoms with E-state index in [-0.39, 0.29) is 12.2 Å². The first-order chi connectivity index (χ1) is 9.55. The number of aliphatic hydroxyl groups is 1. The van der Waals surface area contributed by atoms with Crippen LogP contribution in [0.5, 0.6) is 0 Å². The van der Waals surface area contributed by atoms with E-state index >= 15 is 0 Å². The predicted molar refractivity (Wildman–Crippen MR) is 71.3 cm³/mol. The van der Waals surface area contributed by atoms with Crippen LogP contribution in [0.25, 0.3) is 0 Å². The number of carbonyl (C=O) groups is 2. The summed E-state index contributed by atoms with van der Waals surface area (Å²) in [5, 5.41) is 18.8. The first-order valence-electron chi connectivity index (χ1n) is 6.04. The van der Waals surface area contributed by atoms with E-state index in [1.165, 1.54) is 18.2 Å². The zero-order valence-corrected chi connectivity index (χ0v) is 10.6. The van der Waals surface area contributed by atoms with Gasteiger partial charge in [0.05, 0.1) is 12.2 Å². The Morgan fingerprint density at radius 3 is 2.60 bits per heavy atom. The number of benzene rings is 1. The van der Waals surface area contributed by atoms with Crippen molar-refractivity contribution >= 4 is 12.3 Å². The van der Waals surface area contributed by atoms with E-state index in [1.807, 2.05) is 0 Å². The van der Waals surface area contributed by atoms with Gasteiger partial charge in [0.25, 0.3) is 0 Å². The van der Waals surface area contributed by atoms with Crippen LogP contribution >= 0.6 is 0 Å². The molecule has 104 valence electrons. The van der Waals surface area contributed by atoms with Crippen molar-refractivity contribution in [2.45, 2.75) is 18.3 Å². The van der Waals surface area contributed by atoms with E-state index in [0.29, 0.717) is 6.29 Å². The molecule has 0 bridgehead atoms. The number of rotatable bonds is 5. The average Bonchev–Trinajstić information content (AvgIpc) is 2.47. The minimum absolute atomic E-state index is 0.166. The topological polar surface area (TPSA) is 83.8 Å². The van der Waals surface area contributed by atoms with E-state index in [9.17, 15) is 14.7 Å². The van der Waals surface area contributed by atoms with Gasteiger partial charge < -0.3 is 14.9 Å². The molecule has 0 aliphatic heterocycles. The van der Waals surface area contributed by atoms with E-state index in [1.54, 1.807) is 30.4 Å². The van der Waals surface area contributed by atoms with Gasteiger partial charge in [-0.3, -0.25) is 4.79 Å². The summed E-state index contributed by atoms with van der Waals surface area (Å²) in [4.78, 5) is 21.7. The number of hydrogen-bond donors (Lipinski definition) is 2. The summed E-state index contributed by atoms with van der Waals surface area (Å²) in [6.07, 6.45) is 5.92. The van der Waals surface area contributed by atoms with E-state index in [0.717, 1.165) is 5.56 Å². The number of allylic oxidation sites excluding steroid dienone is 2. The van der Waals surface area contributed by atoms with Crippen LogP contribution in [-0.4, -0.2) is 34.2 Å². The third kappa shape index (κ3) is 3.01. The maximum Gasteiger partial charge on any atom is 0.335 e. The van der Waals surface area contributed by atoms with Gasteiger partial charge in [-0.1, -0.05) is 30.4 Å². The Bertz CT molecular complexity index is 558. The van der Waals surface area contributed by atoms with Gasteiger partial charge in [0.1, 0.15) is 6.10 Å². The normalized spacial score (nSPS) is 24.6. The van der Waals surface area contributed by atoms with Gasteiger partial charge in [-0.15, -0.1) is 0 Å². The molecule has 0 amide bonds. The monoisotopic (exact) mass is 274 g/mol. The number of carboxylic acids is 1. The second-order valence-electron chi connectivity index (χ2n) is 4.48. The molecule has 1 aliphatic carbocycles. The highest BCUT2D eigenvalue weighted by molar-refractivity contribution is 5.87. The minimum Gasteiger partial charge on any atom is -0.478 e. The van der Waals surface area contributed by atoms with Crippen LogP contribution in [0.1, 0.15) is 15.9 Å². The first kappa shape index (κ1) is 14.2. The maximum atomic E-state index is 10.9. The largest absolute Gasteiger partial charge is 0.478 e. The molecule has 5 nitrogen and oxygen atoms in total. The number of ether oxygens (including phenoxy) is 1. The lowest BCUT2D eigenvalue weighted by Crippen LogP contribution is -2.43. The fourth-order valence-corrected chi connectivity index (χ4v) is 1.85. The summed E-state index contributed by atoms with van der Waals surface area (Å²) in [6, 6.07) is 6.21. The fraction of sp³-hybridized carbons (Fsp3) is 0.200. The number of hydrogen-bond acceptors (Lipinski definition) is 4. The molecule has 2 rings (SSSR count). The summed E-state index contributed by atoms with van der Waals surface area (Å²) >= 11 is 0. The molecule has 1 aromatic rings. The van der Waals surface area contributed by atoms with Crippen molar-refractivity contribution < 1.29 is 24.5 Å². The van der Waals surface area contributed by atoms with Gasteiger partial charge >= 0.3 is 5.97 Å². The Morgan fingerprint density at radius 1 is 1.30 bits per heavy atom. The molecule has 2 N–H and O–H groups in total. The van der Waals surface area contributed by atoms with Crippen molar-refractivity contribution in [3.63, 3.8) is 0 Å². The van der Waals surface area contributed by atoms with E-state index < -0.39 is 17.7 Å². The second-order valence-corrected chi connectivity index (χ2v) is 4.48. The number of carbonyl (C=O) groups excluding carboxylic acids is 1. The van der Waals surface area contributed by atoms with Crippen molar-refractivity contribution in [1.29, 1.82) is 0 Å². The minimum atomic E-state index is -1.66. The molecule has 20 heavy (non-hydrogen) atoms. The Morgan fingerprint density at radius 2 is 2.00 bits per heavy atom. The van der Waals surface area contributed by atoms with Crippen molar-refractivity contribution in [2.75, 3.05) is 0 Å².